The molecule has 0 saturated carbocycles. The van der Waals surface area contributed by atoms with Crippen molar-refractivity contribution in [2.75, 3.05) is 12.9 Å². The number of aromatic nitrogens is 2. The van der Waals surface area contributed by atoms with E-state index in [0.717, 1.165) is 23.9 Å². The van der Waals surface area contributed by atoms with Gasteiger partial charge in [-0.1, -0.05) is 29.8 Å². The molecule has 1 aliphatic heterocycles. The molecular formula is C22H16ClF3N2O6S. The van der Waals surface area contributed by atoms with Gasteiger partial charge in [0.2, 0.25) is 6.10 Å². The molecule has 13 heteroatoms. The molecule has 0 spiro atoms. The Morgan fingerprint density at radius 1 is 1.26 bits per heavy atom. The van der Waals surface area contributed by atoms with Crippen molar-refractivity contribution < 1.29 is 32.5 Å². The number of benzene rings is 2. The lowest BCUT2D eigenvalue weighted by Crippen LogP contribution is -2.37. The molecule has 2 aromatic carbocycles. The van der Waals surface area contributed by atoms with Crippen molar-refractivity contribution in [3.63, 3.8) is 0 Å². The first kappa shape index (κ1) is 24.7. The molecule has 1 aliphatic rings. The third-order valence-electron chi connectivity index (χ3n) is 5.27. The van der Waals surface area contributed by atoms with Gasteiger partial charge in [0.15, 0.2) is 0 Å². The van der Waals surface area contributed by atoms with E-state index in [0.29, 0.717) is 4.57 Å². The number of fused-ring (bicyclic) bond motifs is 1. The molecule has 0 fully saturated rings. The number of methoxy groups -OCH3 is 1. The molecule has 8 nitrogen and oxygen atoms in total. The number of alkyl halides is 3. The standard InChI is InChI=1S/C22H16ClF3N2O6S/c1-33-15-5-3-2-4-11(15)17(22(24,25)26)34-10-6-7-13(23)14(8-10)28-19(29)16-12(20(30)31)9-35-18(16)27-21(28)32/h2-8,12,17H,9H2,1H3,(H,27,32)(H,30,31). The molecule has 0 amide bonds. The normalized spacial score (nSPS) is 16.0. The lowest BCUT2D eigenvalue weighted by Gasteiger charge is -2.24. The number of aliphatic carboxylic acids is 1. The van der Waals surface area contributed by atoms with Crippen LogP contribution in [0.2, 0.25) is 5.02 Å². The summed E-state index contributed by atoms with van der Waals surface area (Å²) in [6.07, 6.45) is -7.28. The Bertz CT molecular complexity index is 1420. The lowest BCUT2D eigenvalue weighted by atomic mass is 10.1. The van der Waals surface area contributed by atoms with Crippen molar-refractivity contribution in [2.45, 2.75) is 23.2 Å². The summed E-state index contributed by atoms with van der Waals surface area (Å²) in [5, 5.41) is 9.41. The van der Waals surface area contributed by atoms with Gasteiger partial charge in [0.25, 0.3) is 5.56 Å². The number of nitrogens with zero attached hydrogens (tertiary/aromatic N) is 1. The van der Waals surface area contributed by atoms with Gasteiger partial charge in [-0.05, 0) is 18.2 Å². The summed E-state index contributed by atoms with van der Waals surface area (Å²) >= 11 is 7.20. The van der Waals surface area contributed by atoms with E-state index < -0.39 is 35.4 Å². The number of para-hydroxylation sites is 1. The molecule has 0 aliphatic carbocycles. The Kier molecular flexibility index (Phi) is 6.60. The van der Waals surface area contributed by atoms with E-state index in [-0.39, 0.29) is 44.1 Å². The zero-order valence-electron chi connectivity index (χ0n) is 17.8. The largest absolute Gasteiger partial charge is 0.496 e. The smallest absolute Gasteiger partial charge is 0.429 e. The van der Waals surface area contributed by atoms with Gasteiger partial charge >= 0.3 is 17.8 Å². The number of ether oxygens (including phenoxy) is 2. The highest BCUT2D eigenvalue weighted by Gasteiger charge is 2.44. The van der Waals surface area contributed by atoms with Gasteiger partial charge in [0.05, 0.1) is 34.3 Å². The molecule has 2 N–H and O–H groups in total. The zero-order valence-corrected chi connectivity index (χ0v) is 19.3. The number of carboxylic acid groups (broad SMARTS) is 1. The molecule has 35 heavy (non-hydrogen) atoms. The number of aromatic amines is 1. The summed E-state index contributed by atoms with van der Waals surface area (Å²) in [6, 6.07) is 8.79. The monoisotopic (exact) mass is 528 g/mol. The Labute approximate surface area is 204 Å². The summed E-state index contributed by atoms with van der Waals surface area (Å²) in [5.41, 5.74) is -2.54. The summed E-state index contributed by atoms with van der Waals surface area (Å²) in [7, 11) is 1.22. The van der Waals surface area contributed by atoms with Gasteiger partial charge in [-0.25, -0.2) is 9.36 Å². The molecule has 3 aromatic rings. The van der Waals surface area contributed by atoms with Gasteiger partial charge in [-0.15, -0.1) is 11.8 Å². The molecule has 2 atom stereocenters. The second kappa shape index (κ2) is 9.34. The minimum absolute atomic E-state index is 0.0446. The predicted octanol–water partition coefficient (Wildman–Crippen LogP) is 4.14. The van der Waals surface area contributed by atoms with E-state index in [1.54, 1.807) is 0 Å². The highest BCUT2D eigenvalue weighted by molar-refractivity contribution is 7.99. The van der Waals surface area contributed by atoms with E-state index in [1.807, 2.05) is 0 Å². The first-order chi connectivity index (χ1) is 16.5. The highest BCUT2D eigenvalue weighted by atomic mass is 35.5. The van der Waals surface area contributed by atoms with Crippen LogP contribution >= 0.6 is 23.4 Å². The van der Waals surface area contributed by atoms with Crippen LogP contribution in [0.5, 0.6) is 11.5 Å². The number of H-pyrrole nitrogens is 1. The number of halogens is 4. The van der Waals surface area contributed by atoms with Gasteiger partial charge in [-0.2, -0.15) is 13.2 Å². The first-order valence-corrected chi connectivity index (χ1v) is 11.3. The average Bonchev–Trinajstić information content (AvgIpc) is 3.23. The van der Waals surface area contributed by atoms with Crippen LogP contribution in [-0.2, 0) is 4.79 Å². The third-order valence-corrected chi connectivity index (χ3v) is 6.70. The Balaban J connectivity index is 1.82. The van der Waals surface area contributed by atoms with Crippen molar-refractivity contribution in [1.29, 1.82) is 0 Å². The van der Waals surface area contributed by atoms with E-state index in [2.05, 4.69) is 4.98 Å². The molecule has 2 unspecified atom stereocenters. The van der Waals surface area contributed by atoms with Crippen molar-refractivity contribution in [2.24, 2.45) is 0 Å². The number of hydrogen-bond donors (Lipinski definition) is 2. The van der Waals surface area contributed by atoms with Crippen LogP contribution in [0, 0.1) is 0 Å². The Hall–Kier alpha value is -3.38. The number of hydrogen-bond acceptors (Lipinski definition) is 6. The van der Waals surface area contributed by atoms with E-state index >= 15 is 0 Å². The molecule has 0 bridgehead atoms. The van der Waals surface area contributed by atoms with Crippen LogP contribution in [0.1, 0.15) is 23.1 Å². The fraction of sp³-hybridized carbons (Fsp3) is 0.227. The zero-order chi connectivity index (χ0) is 25.5. The minimum atomic E-state index is -4.84. The summed E-state index contributed by atoms with van der Waals surface area (Å²) in [6.45, 7) is 0. The van der Waals surface area contributed by atoms with Crippen molar-refractivity contribution in [3.8, 4) is 17.2 Å². The molecule has 4 rings (SSSR count). The second-order valence-corrected chi connectivity index (χ2v) is 8.85. The first-order valence-electron chi connectivity index (χ1n) is 9.94. The van der Waals surface area contributed by atoms with Gasteiger partial charge in [0.1, 0.15) is 11.5 Å². The molecule has 0 radical (unpaired) electrons. The second-order valence-electron chi connectivity index (χ2n) is 7.41. The lowest BCUT2D eigenvalue weighted by molar-refractivity contribution is -0.198. The van der Waals surface area contributed by atoms with Crippen LogP contribution in [0.15, 0.2) is 57.1 Å². The van der Waals surface area contributed by atoms with Crippen LogP contribution in [0.3, 0.4) is 0 Å². The van der Waals surface area contributed by atoms with Crippen LogP contribution < -0.4 is 20.7 Å². The van der Waals surface area contributed by atoms with Crippen molar-refractivity contribution in [3.05, 3.63) is 79.5 Å². The van der Waals surface area contributed by atoms with Crippen LogP contribution in [-0.4, -0.2) is 39.7 Å². The van der Waals surface area contributed by atoms with E-state index in [9.17, 15) is 32.7 Å². The minimum Gasteiger partial charge on any atom is -0.496 e. The van der Waals surface area contributed by atoms with Gasteiger partial charge in [0, 0.05) is 17.4 Å². The molecule has 1 aromatic heterocycles. The van der Waals surface area contributed by atoms with Crippen molar-refractivity contribution in [1.82, 2.24) is 9.55 Å². The third kappa shape index (κ3) is 4.63. The molecule has 2 heterocycles. The molecule has 184 valence electrons. The SMILES string of the molecule is COc1ccccc1C(Oc1ccc(Cl)c(-n2c(=O)[nH]c3c(c2=O)C(C(=O)O)CS3)c1)C(F)(F)F. The van der Waals surface area contributed by atoms with E-state index in [1.165, 1.54) is 37.4 Å². The van der Waals surface area contributed by atoms with Gasteiger partial charge < -0.3 is 19.6 Å². The number of carboxylic acids is 1. The summed E-state index contributed by atoms with van der Waals surface area (Å²) < 4.78 is 52.7. The quantitative estimate of drug-likeness (QED) is 0.463. The molecular weight excluding hydrogens is 513 g/mol. The maximum Gasteiger partial charge on any atom is 0.429 e. The maximum atomic E-state index is 13.9. The number of nitrogens with one attached hydrogen (secondary N) is 1. The van der Waals surface area contributed by atoms with Crippen LogP contribution in [0.25, 0.3) is 5.69 Å². The number of rotatable bonds is 6. The Morgan fingerprint density at radius 2 is 1.97 bits per heavy atom. The topological polar surface area (TPSA) is 111 Å². The molecule has 0 saturated heterocycles. The van der Waals surface area contributed by atoms with Crippen molar-refractivity contribution >= 4 is 29.3 Å². The van der Waals surface area contributed by atoms with Crippen LogP contribution in [0.4, 0.5) is 13.2 Å². The van der Waals surface area contributed by atoms with E-state index in [4.69, 9.17) is 21.1 Å². The fourth-order valence-corrected chi connectivity index (χ4v) is 5.07. The average molecular weight is 529 g/mol. The number of carbonyl (C=O) groups is 1. The fourth-order valence-electron chi connectivity index (χ4n) is 3.68. The summed E-state index contributed by atoms with van der Waals surface area (Å²) in [4.78, 5) is 39.8. The predicted molar refractivity (Wildman–Crippen MR) is 121 cm³/mol. The Morgan fingerprint density at radius 3 is 2.63 bits per heavy atom. The maximum absolute atomic E-state index is 13.9. The van der Waals surface area contributed by atoms with Gasteiger partial charge in [-0.3, -0.25) is 9.59 Å². The number of thioether (sulfide) groups is 1. The summed E-state index contributed by atoms with van der Waals surface area (Å²) in [5.74, 6) is -2.76. The highest BCUT2D eigenvalue weighted by Crippen LogP contribution is 2.41.